The second-order valence-corrected chi connectivity index (χ2v) is 9.95. The van der Waals surface area contributed by atoms with Crippen LogP contribution in [-0.2, 0) is 27.1 Å². The Morgan fingerprint density at radius 3 is 2.47 bits per heavy atom. The Balaban J connectivity index is 1.59. The number of urea groups is 1. The molecule has 2 aromatic rings. The average Bonchev–Trinajstić information content (AvgIpc) is 2.96. The molecular formula is C29H36F3N6O5+. The van der Waals surface area contributed by atoms with Gasteiger partial charge in [-0.3, -0.25) is 19.8 Å². The Morgan fingerprint density at radius 2 is 1.84 bits per heavy atom. The Labute approximate surface area is 247 Å². The molecule has 43 heavy (non-hydrogen) atoms. The summed E-state index contributed by atoms with van der Waals surface area (Å²) >= 11 is 0. The summed E-state index contributed by atoms with van der Waals surface area (Å²) in [5.41, 5.74) is -0.905. The fraction of sp³-hybridized carbons (Fsp3) is 0.379. The molecule has 11 nitrogen and oxygen atoms in total. The lowest BCUT2D eigenvalue weighted by Crippen LogP contribution is -2.39. The molecule has 0 spiro atoms. The minimum atomic E-state index is -4.77. The highest BCUT2D eigenvalue weighted by molar-refractivity contribution is 5.97. The van der Waals surface area contributed by atoms with Crippen molar-refractivity contribution in [3.05, 3.63) is 77.3 Å². The molecule has 1 saturated heterocycles. The Hall–Kier alpha value is -4.43. The van der Waals surface area contributed by atoms with Crippen LogP contribution in [0.1, 0.15) is 41.3 Å². The molecule has 1 aliphatic heterocycles. The van der Waals surface area contributed by atoms with E-state index in [-0.39, 0.29) is 42.1 Å². The number of anilines is 1. The summed E-state index contributed by atoms with van der Waals surface area (Å²) in [7, 11) is 0. The van der Waals surface area contributed by atoms with Gasteiger partial charge in [0.25, 0.3) is 11.8 Å². The molecule has 5 N–H and O–H groups in total. The molecule has 14 heteroatoms. The van der Waals surface area contributed by atoms with Gasteiger partial charge in [-0.2, -0.15) is 19.1 Å². The van der Waals surface area contributed by atoms with E-state index in [4.69, 9.17) is 15.5 Å². The molecule has 1 heterocycles. The highest BCUT2D eigenvalue weighted by Crippen LogP contribution is 2.32. The van der Waals surface area contributed by atoms with Crippen molar-refractivity contribution in [3.63, 3.8) is 0 Å². The van der Waals surface area contributed by atoms with Crippen molar-refractivity contribution in [2.24, 2.45) is 11.8 Å². The zero-order valence-electron chi connectivity index (χ0n) is 23.8. The van der Waals surface area contributed by atoms with Crippen molar-refractivity contribution >= 4 is 30.3 Å². The first-order valence-corrected chi connectivity index (χ1v) is 13.6. The number of carbonyl (C=O) groups is 3. The van der Waals surface area contributed by atoms with Crippen molar-refractivity contribution in [2.75, 3.05) is 38.1 Å². The molecule has 0 aliphatic carbocycles. The van der Waals surface area contributed by atoms with E-state index < -0.39 is 23.7 Å². The predicted octanol–water partition coefficient (Wildman–Crippen LogP) is 3.43. The van der Waals surface area contributed by atoms with Gasteiger partial charge in [0.1, 0.15) is 6.72 Å². The summed E-state index contributed by atoms with van der Waals surface area (Å²) in [5, 5.41) is 7.17. The van der Waals surface area contributed by atoms with Crippen LogP contribution in [0.25, 0.3) is 0 Å². The first kappa shape index (κ1) is 33.1. The van der Waals surface area contributed by atoms with Crippen LogP contribution < -0.4 is 21.8 Å². The van der Waals surface area contributed by atoms with Gasteiger partial charge in [0.15, 0.2) is 6.54 Å². The van der Waals surface area contributed by atoms with Crippen LogP contribution in [-0.4, -0.2) is 66.9 Å². The van der Waals surface area contributed by atoms with Gasteiger partial charge >= 0.3 is 18.2 Å². The van der Waals surface area contributed by atoms with Crippen LogP contribution in [0.3, 0.4) is 0 Å². The number of carbonyl (C=O) groups excluding carboxylic acids is 3. The number of benzene rings is 2. The largest absolute Gasteiger partial charge is 0.465 e. The van der Waals surface area contributed by atoms with Crippen LogP contribution in [0.5, 0.6) is 0 Å². The monoisotopic (exact) mass is 605 g/mol. The first-order valence-electron chi connectivity index (χ1n) is 13.6. The van der Waals surface area contributed by atoms with Crippen LogP contribution in [0.2, 0.25) is 0 Å². The fourth-order valence-electron chi connectivity index (χ4n) is 4.51. The highest BCUT2D eigenvalue weighted by atomic mass is 19.4. The number of likely N-dealkylation sites (tertiary alicyclic amines) is 1. The number of hydrogen-bond donors (Lipinski definition) is 4. The number of ether oxygens (including phenoxy) is 1. The maximum Gasteiger partial charge on any atom is 0.416 e. The number of alkyl halides is 3. The van der Waals surface area contributed by atoms with Crippen LogP contribution in [0.4, 0.5) is 23.7 Å². The lowest BCUT2D eigenvalue weighted by Gasteiger charge is -2.29. The van der Waals surface area contributed by atoms with Crippen molar-refractivity contribution in [1.29, 1.82) is 0 Å². The maximum atomic E-state index is 13.6. The number of rotatable bonds is 12. The van der Waals surface area contributed by atoms with Crippen LogP contribution in [0.15, 0.2) is 60.6 Å². The van der Waals surface area contributed by atoms with E-state index in [1.54, 1.807) is 37.3 Å². The summed E-state index contributed by atoms with van der Waals surface area (Å²) < 4.78 is 47.2. The molecule has 0 radical (unpaired) electrons. The van der Waals surface area contributed by atoms with E-state index in [2.05, 4.69) is 22.7 Å². The topological polar surface area (TPSA) is 138 Å². The quantitative estimate of drug-likeness (QED) is 0.0957. The van der Waals surface area contributed by atoms with Crippen LogP contribution >= 0.6 is 0 Å². The van der Waals surface area contributed by atoms with Gasteiger partial charge in [-0.15, -0.1) is 0 Å². The Bertz CT molecular complexity index is 1310. The number of nitrogens with two attached hydrogens (primary N) is 1. The Kier molecular flexibility index (Phi) is 12.1. The number of hydrogen-bond acceptors (Lipinski definition) is 7. The average molecular weight is 606 g/mol. The second kappa shape index (κ2) is 15.7. The van der Waals surface area contributed by atoms with Gasteiger partial charge in [-0.1, -0.05) is 30.3 Å². The van der Waals surface area contributed by atoms with Gasteiger partial charge < -0.3 is 20.2 Å². The zero-order chi connectivity index (χ0) is 31.4. The molecule has 232 valence electrons. The van der Waals surface area contributed by atoms with E-state index in [1.165, 1.54) is 10.8 Å². The van der Waals surface area contributed by atoms with Crippen molar-refractivity contribution in [3.8, 4) is 0 Å². The van der Waals surface area contributed by atoms with Crippen molar-refractivity contribution in [2.45, 2.75) is 32.5 Å². The van der Waals surface area contributed by atoms with Gasteiger partial charge in [0, 0.05) is 23.7 Å². The van der Waals surface area contributed by atoms with Gasteiger partial charge in [-0.05, 0) is 56.6 Å². The summed E-state index contributed by atoms with van der Waals surface area (Å²) in [5.74, 6) is 4.33. The number of amides is 3. The minimum absolute atomic E-state index is 0.107. The van der Waals surface area contributed by atoms with Gasteiger partial charge in [-0.25, -0.2) is 9.37 Å². The molecule has 3 rings (SSSR count). The molecule has 0 aromatic heterocycles. The third kappa shape index (κ3) is 11.1. The Morgan fingerprint density at radius 1 is 1.14 bits per heavy atom. The highest BCUT2D eigenvalue weighted by Gasteiger charge is 2.32. The zero-order valence-corrected chi connectivity index (χ0v) is 23.8. The minimum Gasteiger partial charge on any atom is -0.465 e. The van der Waals surface area contributed by atoms with E-state index in [1.807, 2.05) is 4.90 Å². The summed E-state index contributed by atoms with van der Waals surface area (Å²) in [6.07, 6.45) is -1.80. The number of piperidine rings is 1. The molecule has 2 aromatic carbocycles. The summed E-state index contributed by atoms with van der Waals surface area (Å²) in [6, 6.07) is 10.5. The normalized spacial score (nSPS) is 14.5. The van der Waals surface area contributed by atoms with E-state index in [0.717, 1.165) is 24.5 Å². The molecule has 1 aliphatic rings. The molecule has 0 saturated carbocycles. The summed E-state index contributed by atoms with van der Waals surface area (Å²) in [4.78, 5) is 43.7. The first-order chi connectivity index (χ1) is 20.5. The molecular weight excluding hydrogens is 569 g/mol. The number of nitrogens with zero attached hydrogens (tertiary/aromatic N) is 2. The number of esters is 1. The standard InChI is InChI=1S/C29H35F3N6O5/c1-3-42-26(39)19-38-11-9-21(10-12-38)17-37(2)18-25(43-33)36-28(41)35-24-14-22(13-23(15-24)29(30,31)32)27(40)34-16-20-7-5-4-6-8-20/h4-8,13-15,18,21H,2-3,9-12,16-17,19,33H2,1H3,(H2-,34,35,36,40,41)/p+1/b25-18-. The molecule has 0 bridgehead atoms. The van der Waals surface area contributed by atoms with E-state index in [9.17, 15) is 27.6 Å². The predicted molar refractivity (Wildman–Crippen MR) is 153 cm³/mol. The van der Waals surface area contributed by atoms with Gasteiger partial charge in [0.05, 0.1) is 18.7 Å². The van der Waals surface area contributed by atoms with Crippen LogP contribution in [0, 0.1) is 5.92 Å². The lowest BCUT2D eigenvalue weighted by atomic mass is 9.96. The second-order valence-electron chi connectivity index (χ2n) is 9.95. The molecule has 0 atom stereocenters. The maximum absolute atomic E-state index is 13.6. The van der Waals surface area contributed by atoms with Gasteiger partial charge in [0.2, 0.25) is 6.20 Å². The smallest absolute Gasteiger partial charge is 0.416 e. The van der Waals surface area contributed by atoms with E-state index in [0.29, 0.717) is 38.4 Å². The molecule has 1 fully saturated rings. The number of halogens is 3. The molecule has 3 amide bonds. The third-order valence-corrected chi connectivity index (χ3v) is 6.60. The lowest BCUT2D eigenvalue weighted by molar-refractivity contribution is -0.460. The number of nitrogens with one attached hydrogen (secondary N) is 3. The third-order valence-electron chi connectivity index (χ3n) is 6.60. The fourth-order valence-corrected chi connectivity index (χ4v) is 4.51. The van der Waals surface area contributed by atoms with Crippen molar-refractivity contribution < 1.29 is 41.7 Å². The summed E-state index contributed by atoms with van der Waals surface area (Å²) in [6.45, 7) is 8.27. The van der Waals surface area contributed by atoms with Crippen molar-refractivity contribution in [1.82, 2.24) is 15.5 Å². The van der Waals surface area contributed by atoms with E-state index >= 15 is 0 Å². The molecule has 0 unspecified atom stereocenters. The SMILES string of the molecule is C=[N+](/C=C(/NC(=O)Nc1cc(C(=O)NCc2ccccc2)cc(C(F)(F)F)c1)ON)CC1CCN(CC(=O)OCC)CC1.